The van der Waals surface area contributed by atoms with Crippen LogP contribution in [0.5, 0.6) is 0 Å². The van der Waals surface area contributed by atoms with Crippen molar-refractivity contribution in [3.63, 3.8) is 0 Å². The molecule has 1 aliphatic rings. The Hall–Kier alpha value is -3.37. The van der Waals surface area contributed by atoms with Crippen molar-refractivity contribution < 1.29 is 23.1 Å². The second-order valence-electron chi connectivity index (χ2n) is 7.66. The Morgan fingerprint density at radius 2 is 1.88 bits per heavy atom. The minimum Gasteiger partial charge on any atom is -0.481 e. The largest absolute Gasteiger partial charge is 0.481 e. The number of benzene rings is 2. The summed E-state index contributed by atoms with van der Waals surface area (Å²) >= 11 is 5.96. The van der Waals surface area contributed by atoms with Crippen molar-refractivity contribution in [2.75, 3.05) is 18.4 Å². The molecule has 0 aliphatic carbocycles. The molecule has 172 valence electrons. The molecule has 33 heavy (non-hydrogen) atoms. The number of carboxylic acids is 1. The average molecular weight is 479 g/mol. The SMILES string of the molecule is O=C(O)C1CN(Cc2ccc(-n3ccnc(Nc4ccc(C(F)(F)F)cc4Cl)c3=O)cc2)C1. The standard InChI is InChI=1S/C22H18ClF3N4O3/c23-17-9-15(22(24,25)26)3-6-18(17)28-19-20(31)30(8-7-27-19)16-4-1-13(2-5-16)10-29-11-14(12-29)21(32)33/h1-9,14H,10-12H2,(H,27,28)(H,32,33). The number of anilines is 2. The third-order valence-electron chi connectivity index (χ3n) is 5.32. The summed E-state index contributed by atoms with van der Waals surface area (Å²) in [6.07, 6.45) is -1.66. The van der Waals surface area contributed by atoms with E-state index in [1.165, 1.54) is 17.0 Å². The molecule has 0 atom stereocenters. The van der Waals surface area contributed by atoms with Gasteiger partial charge in [0.15, 0.2) is 5.82 Å². The van der Waals surface area contributed by atoms with Crippen LogP contribution < -0.4 is 10.9 Å². The first-order valence-electron chi connectivity index (χ1n) is 9.88. The third-order valence-corrected chi connectivity index (χ3v) is 5.63. The Labute approximate surface area is 191 Å². The van der Waals surface area contributed by atoms with Crippen LogP contribution in [0.3, 0.4) is 0 Å². The molecule has 1 saturated heterocycles. The number of rotatable bonds is 6. The van der Waals surface area contributed by atoms with Crippen LogP contribution in [0.15, 0.2) is 59.7 Å². The first-order chi connectivity index (χ1) is 15.6. The Bertz CT molecular complexity index is 1240. The van der Waals surface area contributed by atoms with Crippen molar-refractivity contribution in [2.24, 2.45) is 5.92 Å². The number of likely N-dealkylation sites (tertiary alicyclic amines) is 1. The lowest BCUT2D eigenvalue weighted by molar-refractivity contribution is -0.147. The fourth-order valence-electron chi connectivity index (χ4n) is 3.50. The van der Waals surface area contributed by atoms with Crippen LogP contribution in [-0.4, -0.2) is 38.6 Å². The summed E-state index contributed by atoms with van der Waals surface area (Å²) in [4.78, 5) is 29.8. The molecule has 0 bridgehead atoms. The molecule has 0 amide bonds. The molecule has 0 radical (unpaired) electrons. The molecule has 2 heterocycles. The van der Waals surface area contributed by atoms with Crippen molar-refractivity contribution in [1.82, 2.24) is 14.5 Å². The lowest BCUT2D eigenvalue weighted by Crippen LogP contribution is -2.49. The molecule has 1 aliphatic heterocycles. The highest BCUT2D eigenvalue weighted by molar-refractivity contribution is 6.33. The van der Waals surface area contributed by atoms with E-state index in [1.807, 2.05) is 17.0 Å². The lowest BCUT2D eigenvalue weighted by Gasteiger charge is -2.36. The zero-order valence-electron chi connectivity index (χ0n) is 17.0. The Balaban J connectivity index is 1.49. The van der Waals surface area contributed by atoms with Crippen LogP contribution in [0.4, 0.5) is 24.7 Å². The molecule has 0 saturated carbocycles. The van der Waals surface area contributed by atoms with E-state index in [-0.39, 0.29) is 22.4 Å². The van der Waals surface area contributed by atoms with Gasteiger partial charge in [0.1, 0.15) is 0 Å². The molecule has 2 aromatic carbocycles. The van der Waals surface area contributed by atoms with Gasteiger partial charge >= 0.3 is 12.1 Å². The highest BCUT2D eigenvalue weighted by atomic mass is 35.5. The Morgan fingerprint density at radius 3 is 2.48 bits per heavy atom. The molecule has 4 rings (SSSR count). The Kier molecular flexibility index (Phi) is 6.13. The molecule has 1 fully saturated rings. The van der Waals surface area contributed by atoms with E-state index in [0.29, 0.717) is 25.3 Å². The van der Waals surface area contributed by atoms with Gasteiger partial charge < -0.3 is 10.4 Å². The number of aliphatic carboxylic acids is 1. The molecule has 0 spiro atoms. The van der Waals surface area contributed by atoms with Gasteiger partial charge in [-0.2, -0.15) is 13.2 Å². The Morgan fingerprint density at radius 1 is 1.18 bits per heavy atom. The second kappa shape index (κ2) is 8.87. The maximum atomic E-state index is 12.9. The van der Waals surface area contributed by atoms with Crippen molar-refractivity contribution >= 4 is 29.1 Å². The molecule has 0 unspecified atom stereocenters. The minimum absolute atomic E-state index is 0.0940. The number of aromatic nitrogens is 2. The number of hydrogen-bond acceptors (Lipinski definition) is 5. The average Bonchev–Trinajstić information content (AvgIpc) is 2.72. The van der Waals surface area contributed by atoms with E-state index in [2.05, 4.69) is 10.3 Å². The third kappa shape index (κ3) is 5.01. The number of nitrogens with one attached hydrogen (secondary N) is 1. The number of nitrogens with zero attached hydrogens (tertiary/aromatic N) is 3. The lowest BCUT2D eigenvalue weighted by atomic mass is 9.99. The van der Waals surface area contributed by atoms with E-state index in [4.69, 9.17) is 16.7 Å². The first kappa shape index (κ1) is 22.8. The minimum atomic E-state index is -4.53. The van der Waals surface area contributed by atoms with Crippen LogP contribution in [0.25, 0.3) is 5.69 Å². The van der Waals surface area contributed by atoms with Gasteiger partial charge in [-0.25, -0.2) is 4.98 Å². The van der Waals surface area contributed by atoms with Crippen LogP contribution >= 0.6 is 11.6 Å². The van der Waals surface area contributed by atoms with Gasteiger partial charge in [0.2, 0.25) is 0 Å². The zero-order chi connectivity index (χ0) is 23.8. The normalized spacial score (nSPS) is 14.7. The first-order valence-corrected chi connectivity index (χ1v) is 10.3. The summed E-state index contributed by atoms with van der Waals surface area (Å²) in [7, 11) is 0. The van der Waals surface area contributed by atoms with E-state index < -0.39 is 23.3 Å². The number of carboxylic acid groups (broad SMARTS) is 1. The van der Waals surface area contributed by atoms with Crippen molar-refractivity contribution in [3.8, 4) is 5.69 Å². The fraction of sp³-hybridized carbons (Fsp3) is 0.227. The predicted octanol–water partition coefficient (Wildman–Crippen LogP) is 4.16. The van der Waals surface area contributed by atoms with E-state index >= 15 is 0 Å². The van der Waals surface area contributed by atoms with Gasteiger partial charge in [-0.3, -0.25) is 19.1 Å². The second-order valence-corrected chi connectivity index (χ2v) is 8.07. The highest BCUT2D eigenvalue weighted by Crippen LogP contribution is 2.34. The topological polar surface area (TPSA) is 87.5 Å². The summed E-state index contributed by atoms with van der Waals surface area (Å²) in [5.41, 5.74) is 0.262. The number of alkyl halides is 3. The quantitative estimate of drug-likeness (QED) is 0.553. The smallest absolute Gasteiger partial charge is 0.416 e. The molecule has 3 aromatic rings. The van der Waals surface area contributed by atoms with E-state index in [0.717, 1.165) is 23.8 Å². The van der Waals surface area contributed by atoms with Crippen LogP contribution in [0.2, 0.25) is 5.02 Å². The van der Waals surface area contributed by atoms with Gasteiger partial charge in [-0.15, -0.1) is 0 Å². The maximum absolute atomic E-state index is 12.9. The van der Waals surface area contributed by atoms with Crippen LogP contribution in [-0.2, 0) is 17.5 Å². The number of halogens is 4. The van der Waals surface area contributed by atoms with Gasteiger partial charge in [0.05, 0.1) is 22.2 Å². The molecule has 11 heteroatoms. The zero-order valence-corrected chi connectivity index (χ0v) is 17.8. The highest BCUT2D eigenvalue weighted by Gasteiger charge is 2.32. The summed E-state index contributed by atoms with van der Waals surface area (Å²) in [6, 6.07) is 9.97. The van der Waals surface area contributed by atoms with Crippen molar-refractivity contribution in [3.05, 3.63) is 81.4 Å². The summed E-state index contributed by atoms with van der Waals surface area (Å²) in [6.45, 7) is 1.61. The van der Waals surface area contributed by atoms with Crippen LogP contribution in [0.1, 0.15) is 11.1 Å². The molecule has 7 nitrogen and oxygen atoms in total. The number of carbonyl (C=O) groups is 1. The fourth-order valence-corrected chi connectivity index (χ4v) is 3.72. The van der Waals surface area contributed by atoms with Gasteiger partial charge in [-0.1, -0.05) is 23.7 Å². The van der Waals surface area contributed by atoms with Crippen molar-refractivity contribution in [2.45, 2.75) is 12.7 Å². The summed E-state index contributed by atoms with van der Waals surface area (Å²) in [5, 5.41) is 11.5. The monoisotopic (exact) mass is 478 g/mol. The molecular weight excluding hydrogens is 461 g/mol. The van der Waals surface area contributed by atoms with E-state index in [9.17, 15) is 22.8 Å². The summed E-state index contributed by atoms with van der Waals surface area (Å²) < 4.78 is 39.8. The van der Waals surface area contributed by atoms with Gasteiger partial charge in [0.25, 0.3) is 5.56 Å². The predicted molar refractivity (Wildman–Crippen MR) is 116 cm³/mol. The maximum Gasteiger partial charge on any atom is 0.416 e. The van der Waals surface area contributed by atoms with Crippen molar-refractivity contribution in [1.29, 1.82) is 0 Å². The molecular formula is C22H18ClF3N4O3. The van der Waals surface area contributed by atoms with E-state index in [1.54, 1.807) is 12.1 Å². The summed E-state index contributed by atoms with van der Waals surface area (Å²) in [5.74, 6) is -1.21. The molecule has 2 N–H and O–H groups in total. The molecule has 1 aromatic heterocycles. The number of hydrogen-bond donors (Lipinski definition) is 2. The van der Waals surface area contributed by atoms with Crippen LogP contribution in [0, 0.1) is 5.92 Å². The van der Waals surface area contributed by atoms with Gasteiger partial charge in [-0.05, 0) is 35.9 Å². The van der Waals surface area contributed by atoms with Gasteiger partial charge in [0, 0.05) is 37.7 Å².